The molecule has 3 rings (SSSR count). The third-order valence-electron chi connectivity index (χ3n) is 3.14. The molecule has 0 amide bonds. The fourth-order valence-electron chi connectivity index (χ4n) is 2.29. The molecular formula is C15H11I. The Morgan fingerprint density at radius 2 is 1.06 bits per heavy atom. The summed E-state index contributed by atoms with van der Waals surface area (Å²) in [6, 6.07) is 17.3. The molecule has 16 heavy (non-hydrogen) atoms. The topological polar surface area (TPSA) is 0 Å². The van der Waals surface area contributed by atoms with Crippen molar-refractivity contribution in [2.75, 3.05) is 0 Å². The summed E-state index contributed by atoms with van der Waals surface area (Å²) in [6.07, 6.45) is 0. The number of fused-ring (bicyclic) bond motifs is 2. The number of halogens is 1. The van der Waals surface area contributed by atoms with Crippen LogP contribution in [0.4, 0.5) is 0 Å². The highest BCUT2D eigenvalue weighted by Crippen LogP contribution is 2.32. The zero-order valence-electron chi connectivity index (χ0n) is 9.00. The largest absolute Gasteiger partial charge is 0.0616 e. The first-order chi connectivity index (χ1) is 7.79. The maximum absolute atomic E-state index is 2.45. The molecule has 0 aromatic heterocycles. The molecule has 78 valence electrons. The van der Waals surface area contributed by atoms with Gasteiger partial charge in [-0.3, -0.25) is 0 Å². The van der Waals surface area contributed by atoms with Crippen LogP contribution in [0, 0.1) is 10.5 Å². The van der Waals surface area contributed by atoms with Gasteiger partial charge in [-0.15, -0.1) is 0 Å². The molecule has 0 heterocycles. The number of benzene rings is 3. The maximum atomic E-state index is 2.45. The van der Waals surface area contributed by atoms with Crippen molar-refractivity contribution in [1.29, 1.82) is 0 Å². The monoisotopic (exact) mass is 318 g/mol. The van der Waals surface area contributed by atoms with E-state index in [1.54, 1.807) is 0 Å². The molecule has 0 bridgehead atoms. The summed E-state index contributed by atoms with van der Waals surface area (Å²) in [5.74, 6) is 0. The van der Waals surface area contributed by atoms with Crippen molar-refractivity contribution in [3.05, 3.63) is 57.7 Å². The molecule has 0 saturated heterocycles. The second kappa shape index (κ2) is 3.74. The van der Waals surface area contributed by atoms with Crippen molar-refractivity contribution in [1.82, 2.24) is 0 Å². The predicted molar refractivity (Wildman–Crippen MR) is 78.9 cm³/mol. The van der Waals surface area contributed by atoms with E-state index in [4.69, 9.17) is 0 Å². The normalized spacial score (nSPS) is 11.1. The molecular weight excluding hydrogens is 307 g/mol. The Morgan fingerprint density at radius 1 is 0.688 bits per heavy atom. The van der Waals surface area contributed by atoms with Gasteiger partial charge in [-0.1, -0.05) is 48.5 Å². The van der Waals surface area contributed by atoms with Gasteiger partial charge >= 0.3 is 0 Å². The number of rotatable bonds is 0. The minimum absolute atomic E-state index is 1.36. The van der Waals surface area contributed by atoms with Gasteiger partial charge in [0.05, 0.1) is 0 Å². The van der Waals surface area contributed by atoms with Gasteiger partial charge in [0.15, 0.2) is 0 Å². The molecule has 0 aliphatic heterocycles. The highest BCUT2D eigenvalue weighted by atomic mass is 127. The lowest BCUT2D eigenvalue weighted by molar-refractivity contribution is 1.57. The Kier molecular flexibility index (Phi) is 2.36. The van der Waals surface area contributed by atoms with Crippen LogP contribution in [0.3, 0.4) is 0 Å². The summed E-state index contributed by atoms with van der Waals surface area (Å²) in [5, 5.41) is 5.45. The molecule has 0 radical (unpaired) electrons. The van der Waals surface area contributed by atoms with Crippen LogP contribution in [-0.4, -0.2) is 0 Å². The van der Waals surface area contributed by atoms with Crippen LogP contribution in [0.25, 0.3) is 21.5 Å². The summed E-state index contributed by atoms with van der Waals surface area (Å²) in [5.41, 5.74) is 1.38. The van der Waals surface area contributed by atoms with Crippen molar-refractivity contribution >= 4 is 44.1 Å². The molecule has 0 atom stereocenters. The molecule has 0 fully saturated rings. The van der Waals surface area contributed by atoms with E-state index in [0.29, 0.717) is 0 Å². The molecule has 0 unspecified atom stereocenters. The Hall–Kier alpha value is -1.09. The number of hydrogen-bond acceptors (Lipinski definition) is 0. The van der Waals surface area contributed by atoms with E-state index in [1.165, 1.54) is 30.7 Å². The van der Waals surface area contributed by atoms with E-state index in [0.717, 1.165) is 0 Å². The van der Waals surface area contributed by atoms with Gasteiger partial charge in [0.25, 0.3) is 0 Å². The maximum Gasteiger partial charge on any atom is 0.0287 e. The van der Waals surface area contributed by atoms with E-state index in [9.17, 15) is 0 Å². The van der Waals surface area contributed by atoms with Crippen LogP contribution in [0.2, 0.25) is 0 Å². The molecule has 1 heteroatoms. The Labute approximate surface area is 108 Å². The van der Waals surface area contributed by atoms with E-state index >= 15 is 0 Å². The fraction of sp³-hybridized carbons (Fsp3) is 0.0667. The van der Waals surface area contributed by atoms with Crippen LogP contribution in [0.15, 0.2) is 48.5 Å². The highest BCUT2D eigenvalue weighted by molar-refractivity contribution is 14.1. The van der Waals surface area contributed by atoms with Gasteiger partial charge in [-0.05, 0) is 56.6 Å². The van der Waals surface area contributed by atoms with Gasteiger partial charge in [0.2, 0.25) is 0 Å². The summed E-state index contributed by atoms with van der Waals surface area (Å²) >= 11 is 2.45. The van der Waals surface area contributed by atoms with E-state index in [2.05, 4.69) is 78.0 Å². The van der Waals surface area contributed by atoms with E-state index in [-0.39, 0.29) is 0 Å². The lowest BCUT2D eigenvalue weighted by atomic mass is 9.98. The summed E-state index contributed by atoms with van der Waals surface area (Å²) < 4.78 is 1.36. The van der Waals surface area contributed by atoms with Crippen molar-refractivity contribution < 1.29 is 0 Å². The number of aryl methyl sites for hydroxylation is 1. The second-order valence-corrected chi connectivity index (χ2v) is 5.11. The van der Waals surface area contributed by atoms with Gasteiger partial charge in [0, 0.05) is 3.57 Å². The van der Waals surface area contributed by atoms with Crippen molar-refractivity contribution in [2.45, 2.75) is 6.92 Å². The van der Waals surface area contributed by atoms with Crippen LogP contribution in [0.1, 0.15) is 5.56 Å². The third kappa shape index (κ3) is 1.34. The zero-order valence-corrected chi connectivity index (χ0v) is 11.2. The van der Waals surface area contributed by atoms with Crippen LogP contribution >= 0.6 is 22.6 Å². The first-order valence-corrected chi connectivity index (χ1v) is 6.42. The van der Waals surface area contributed by atoms with E-state index in [1.807, 2.05) is 0 Å². The average molecular weight is 318 g/mol. The summed E-state index contributed by atoms with van der Waals surface area (Å²) in [7, 11) is 0. The molecule has 0 spiro atoms. The Morgan fingerprint density at radius 3 is 1.50 bits per heavy atom. The highest BCUT2D eigenvalue weighted by Gasteiger charge is 2.07. The molecule has 0 aliphatic carbocycles. The lowest BCUT2D eigenvalue weighted by Gasteiger charge is -2.10. The standard InChI is InChI=1S/C15H11I/c1-10-11-6-2-4-8-13(11)15(16)14-9-5-3-7-12(10)14/h2-9H,1H3. The lowest BCUT2D eigenvalue weighted by Crippen LogP contribution is -1.86. The van der Waals surface area contributed by atoms with Gasteiger partial charge in [0.1, 0.15) is 0 Å². The van der Waals surface area contributed by atoms with Crippen LogP contribution in [0.5, 0.6) is 0 Å². The molecule has 3 aromatic carbocycles. The van der Waals surface area contributed by atoms with Gasteiger partial charge in [-0.2, -0.15) is 0 Å². The van der Waals surface area contributed by atoms with Gasteiger partial charge < -0.3 is 0 Å². The van der Waals surface area contributed by atoms with Gasteiger partial charge in [-0.25, -0.2) is 0 Å². The first kappa shape index (κ1) is 10.1. The summed E-state index contributed by atoms with van der Waals surface area (Å²) in [6.45, 7) is 2.21. The Balaban J connectivity index is 2.67. The first-order valence-electron chi connectivity index (χ1n) is 5.34. The molecule has 3 aromatic rings. The third-order valence-corrected chi connectivity index (χ3v) is 4.30. The molecule has 0 N–H and O–H groups in total. The average Bonchev–Trinajstić information content (AvgIpc) is 2.36. The minimum atomic E-state index is 1.36. The van der Waals surface area contributed by atoms with E-state index < -0.39 is 0 Å². The van der Waals surface area contributed by atoms with Crippen LogP contribution < -0.4 is 0 Å². The van der Waals surface area contributed by atoms with Crippen molar-refractivity contribution in [3.63, 3.8) is 0 Å². The molecule has 0 nitrogen and oxygen atoms in total. The zero-order chi connectivity index (χ0) is 11.1. The number of hydrogen-bond donors (Lipinski definition) is 0. The Bertz CT molecular complexity index is 566. The molecule has 0 saturated carbocycles. The minimum Gasteiger partial charge on any atom is -0.0616 e. The SMILES string of the molecule is Cc1c2ccccc2c(I)c2ccccc12. The molecule has 0 aliphatic rings. The van der Waals surface area contributed by atoms with Crippen molar-refractivity contribution in [2.24, 2.45) is 0 Å². The quantitative estimate of drug-likeness (QED) is 0.408. The predicted octanol–water partition coefficient (Wildman–Crippen LogP) is 4.91. The van der Waals surface area contributed by atoms with Crippen molar-refractivity contribution in [3.8, 4) is 0 Å². The van der Waals surface area contributed by atoms with Crippen LogP contribution in [-0.2, 0) is 0 Å². The second-order valence-electron chi connectivity index (χ2n) is 4.03. The summed E-state index contributed by atoms with van der Waals surface area (Å²) in [4.78, 5) is 0. The fourth-order valence-corrected chi connectivity index (χ4v) is 3.23. The smallest absolute Gasteiger partial charge is 0.0287 e.